The molecule has 3 rings (SSSR count). The van der Waals surface area contributed by atoms with Gasteiger partial charge in [-0.1, -0.05) is 40.2 Å². The number of rotatable bonds is 4. The van der Waals surface area contributed by atoms with Crippen LogP contribution in [0.5, 0.6) is 0 Å². The highest BCUT2D eigenvalue weighted by Gasteiger charge is 2.21. The van der Waals surface area contributed by atoms with Crippen molar-refractivity contribution in [3.8, 4) is 0 Å². The van der Waals surface area contributed by atoms with Gasteiger partial charge in [0, 0.05) is 42.4 Å². The molecule has 0 bridgehead atoms. The average molecular weight is 446 g/mol. The molecule has 0 saturated carbocycles. The van der Waals surface area contributed by atoms with Crippen molar-refractivity contribution in [3.63, 3.8) is 0 Å². The number of anilines is 1. The molecule has 1 heterocycles. The Morgan fingerprint density at radius 2 is 1.86 bits per heavy atom. The number of amides is 3. The van der Waals surface area contributed by atoms with Crippen LogP contribution in [0.4, 0.5) is 10.5 Å². The summed E-state index contributed by atoms with van der Waals surface area (Å²) < 4.78 is 6.28. The molecule has 7 heteroatoms. The molecule has 0 unspecified atom stereocenters. The van der Waals surface area contributed by atoms with E-state index in [2.05, 4.69) is 21.2 Å². The first-order valence-corrected chi connectivity index (χ1v) is 9.99. The van der Waals surface area contributed by atoms with Gasteiger partial charge in [0.15, 0.2) is 0 Å². The lowest BCUT2D eigenvalue weighted by Gasteiger charge is -2.28. The Morgan fingerprint density at radius 3 is 2.57 bits per heavy atom. The molecule has 3 amide bonds. The van der Waals surface area contributed by atoms with Crippen LogP contribution >= 0.6 is 15.9 Å². The number of halogens is 1. The zero-order chi connectivity index (χ0) is 20.1. The van der Waals surface area contributed by atoms with Crippen LogP contribution in [0.1, 0.15) is 21.5 Å². The molecule has 0 radical (unpaired) electrons. The molecule has 0 aromatic heterocycles. The van der Waals surface area contributed by atoms with Crippen LogP contribution in [0, 0.1) is 6.92 Å². The normalized spacial score (nSPS) is 13.9. The van der Waals surface area contributed by atoms with Gasteiger partial charge in [-0.15, -0.1) is 0 Å². The van der Waals surface area contributed by atoms with E-state index in [-0.39, 0.29) is 11.9 Å². The maximum atomic E-state index is 12.8. The molecule has 1 N–H and O–H groups in total. The molecule has 1 saturated heterocycles. The third-order valence-corrected chi connectivity index (χ3v) is 5.59. The van der Waals surface area contributed by atoms with Crippen molar-refractivity contribution in [2.24, 2.45) is 0 Å². The first kappa shape index (κ1) is 20.4. The van der Waals surface area contributed by atoms with E-state index in [1.807, 2.05) is 37.3 Å². The summed E-state index contributed by atoms with van der Waals surface area (Å²) in [6, 6.07) is 13.0. The summed E-state index contributed by atoms with van der Waals surface area (Å²) in [5, 5.41) is 2.92. The minimum atomic E-state index is -0.227. The van der Waals surface area contributed by atoms with Crippen LogP contribution in [-0.4, -0.2) is 55.1 Å². The maximum absolute atomic E-state index is 12.8. The van der Waals surface area contributed by atoms with Gasteiger partial charge in [0.05, 0.1) is 13.2 Å². The lowest BCUT2D eigenvalue weighted by molar-refractivity contribution is 0.0302. The monoisotopic (exact) mass is 445 g/mol. The van der Waals surface area contributed by atoms with Crippen molar-refractivity contribution < 1.29 is 14.3 Å². The highest BCUT2D eigenvalue weighted by atomic mass is 79.9. The van der Waals surface area contributed by atoms with Crippen molar-refractivity contribution in [1.82, 2.24) is 9.80 Å². The maximum Gasteiger partial charge on any atom is 0.321 e. The third kappa shape index (κ3) is 4.72. The summed E-state index contributed by atoms with van der Waals surface area (Å²) >= 11 is 3.51. The van der Waals surface area contributed by atoms with Crippen LogP contribution in [0.2, 0.25) is 0 Å². The van der Waals surface area contributed by atoms with E-state index in [0.29, 0.717) is 44.1 Å². The smallest absolute Gasteiger partial charge is 0.321 e. The predicted molar refractivity (Wildman–Crippen MR) is 113 cm³/mol. The van der Waals surface area contributed by atoms with Crippen LogP contribution in [0.3, 0.4) is 0 Å². The zero-order valence-electron chi connectivity index (χ0n) is 16.1. The second kappa shape index (κ2) is 9.21. The quantitative estimate of drug-likeness (QED) is 0.775. The molecule has 1 aliphatic heterocycles. The van der Waals surface area contributed by atoms with E-state index in [0.717, 1.165) is 15.6 Å². The van der Waals surface area contributed by atoms with Crippen molar-refractivity contribution in [2.75, 3.05) is 38.7 Å². The average Bonchev–Trinajstić information content (AvgIpc) is 2.71. The molecule has 28 heavy (non-hydrogen) atoms. The third-order valence-electron chi connectivity index (χ3n) is 4.82. The number of hydrogen-bond acceptors (Lipinski definition) is 3. The predicted octanol–water partition coefficient (Wildman–Crippen LogP) is 3.89. The number of carbonyl (C=O) groups is 2. The first-order chi connectivity index (χ1) is 13.5. The summed E-state index contributed by atoms with van der Waals surface area (Å²) in [5.74, 6) is -0.0292. The summed E-state index contributed by atoms with van der Waals surface area (Å²) in [6.45, 7) is 4.62. The Hall–Kier alpha value is -2.38. The topological polar surface area (TPSA) is 61.9 Å². The number of nitrogens with zero attached hydrogens (tertiary/aromatic N) is 2. The van der Waals surface area contributed by atoms with Gasteiger partial charge in [-0.05, 0) is 36.2 Å². The Kier molecular flexibility index (Phi) is 6.70. The van der Waals surface area contributed by atoms with E-state index in [1.54, 1.807) is 29.0 Å². The van der Waals surface area contributed by atoms with Crippen molar-refractivity contribution in [2.45, 2.75) is 13.5 Å². The second-order valence-electron chi connectivity index (χ2n) is 6.76. The van der Waals surface area contributed by atoms with E-state index in [4.69, 9.17) is 4.74 Å². The number of ether oxygens (including phenoxy) is 1. The SMILES string of the molecule is Cc1c(NC(=O)N(C)Cc2ccccc2Br)cccc1C(=O)N1CCOCC1. The van der Waals surface area contributed by atoms with Gasteiger partial charge >= 0.3 is 6.03 Å². The minimum Gasteiger partial charge on any atom is -0.378 e. The largest absolute Gasteiger partial charge is 0.378 e. The number of nitrogens with one attached hydrogen (secondary N) is 1. The number of benzene rings is 2. The van der Waals surface area contributed by atoms with Gasteiger partial charge in [-0.2, -0.15) is 0 Å². The Morgan fingerprint density at radius 1 is 1.14 bits per heavy atom. The highest BCUT2D eigenvalue weighted by Crippen LogP contribution is 2.22. The number of carbonyl (C=O) groups excluding carboxylic acids is 2. The highest BCUT2D eigenvalue weighted by molar-refractivity contribution is 9.10. The van der Waals surface area contributed by atoms with Crippen LogP contribution in [0.15, 0.2) is 46.9 Å². The minimum absolute atomic E-state index is 0.0292. The zero-order valence-corrected chi connectivity index (χ0v) is 17.7. The number of urea groups is 1. The van der Waals surface area contributed by atoms with Gasteiger partial charge in [0.25, 0.3) is 5.91 Å². The Balaban J connectivity index is 1.70. The Labute approximate surface area is 173 Å². The second-order valence-corrected chi connectivity index (χ2v) is 7.61. The van der Waals surface area contributed by atoms with Gasteiger partial charge in [0.1, 0.15) is 0 Å². The fourth-order valence-corrected chi connectivity index (χ4v) is 3.51. The summed E-state index contributed by atoms with van der Waals surface area (Å²) in [7, 11) is 1.74. The molecule has 148 valence electrons. The first-order valence-electron chi connectivity index (χ1n) is 9.19. The summed E-state index contributed by atoms with van der Waals surface area (Å²) in [6.07, 6.45) is 0. The molecule has 2 aromatic rings. The standard InChI is InChI=1S/C21H24BrN3O3/c1-15-17(20(26)25-10-12-28-13-11-25)7-5-9-19(15)23-21(27)24(2)14-16-6-3-4-8-18(16)22/h3-9H,10-14H2,1-2H3,(H,23,27). The number of hydrogen-bond donors (Lipinski definition) is 1. The van der Waals surface area contributed by atoms with Crippen molar-refractivity contribution in [3.05, 3.63) is 63.6 Å². The van der Waals surface area contributed by atoms with Crippen LogP contribution < -0.4 is 5.32 Å². The van der Waals surface area contributed by atoms with Gasteiger partial charge in [-0.25, -0.2) is 4.79 Å². The Bertz CT molecular complexity index is 866. The van der Waals surface area contributed by atoms with Crippen molar-refractivity contribution >= 4 is 33.6 Å². The molecule has 6 nitrogen and oxygen atoms in total. The molecule has 1 aliphatic rings. The van der Waals surface area contributed by atoms with Crippen LogP contribution in [-0.2, 0) is 11.3 Å². The molecular formula is C21H24BrN3O3. The number of morpholine rings is 1. The fraction of sp³-hybridized carbons (Fsp3) is 0.333. The van der Waals surface area contributed by atoms with Crippen LogP contribution in [0.25, 0.3) is 0 Å². The molecule has 0 aliphatic carbocycles. The molecule has 2 aromatic carbocycles. The molecular weight excluding hydrogens is 422 g/mol. The summed E-state index contributed by atoms with van der Waals surface area (Å²) in [5.41, 5.74) is 3.03. The lowest BCUT2D eigenvalue weighted by atomic mass is 10.1. The van der Waals surface area contributed by atoms with Gasteiger partial charge in [0.2, 0.25) is 0 Å². The van der Waals surface area contributed by atoms with E-state index >= 15 is 0 Å². The van der Waals surface area contributed by atoms with E-state index in [9.17, 15) is 9.59 Å². The lowest BCUT2D eigenvalue weighted by Crippen LogP contribution is -2.41. The van der Waals surface area contributed by atoms with E-state index < -0.39 is 0 Å². The fourth-order valence-electron chi connectivity index (χ4n) is 3.10. The molecule has 1 fully saturated rings. The van der Waals surface area contributed by atoms with Gasteiger partial charge < -0.3 is 19.9 Å². The molecule has 0 atom stereocenters. The van der Waals surface area contributed by atoms with Crippen molar-refractivity contribution in [1.29, 1.82) is 0 Å². The van der Waals surface area contributed by atoms with Gasteiger partial charge in [-0.3, -0.25) is 4.79 Å². The van der Waals surface area contributed by atoms with E-state index in [1.165, 1.54) is 0 Å². The molecule has 0 spiro atoms. The summed E-state index contributed by atoms with van der Waals surface area (Å²) in [4.78, 5) is 28.9.